The Hall–Kier alpha value is -2.14. The Labute approximate surface area is 189 Å². The molecule has 0 bridgehead atoms. The van der Waals surface area contributed by atoms with E-state index >= 15 is 0 Å². The standard InChI is InChI=1S/C20H16ClF3N2O3S2/c21-16-4-3-12(8-15(16)20(22,23)24)10-29-18(28)14(11-31-19-26-6-7-30-19)17(27)13-2-1-5-25-9-13/h1-9,14,17,27H,10-11H2. The maximum Gasteiger partial charge on any atom is 0.417 e. The molecule has 1 aromatic carbocycles. The second kappa shape index (κ2) is 10.4. The summed E-state index contributed by atoms with van der Waals surface area (Å²) in [6.45, 7) is -0.392. The van der Waals surface area contributed by atoms with Gasteiger partial charge in [-0.05, 0) is 29.3 Å². The van der Waals surface area contributed by atoms with Gasteiger partial charge in [0, 0.05) is 29.7 Å². The molecular weight excluding hydrogens is 473 g/mol. The molecule has 0 radical (unpaired) electrons. The number of aliphatic hydroxyl groups is 1. The monoisotopic (exact) mass is 488 g/mol. The highest BCUT2D eigenvalue weighted by Crippen LogP contribution is 2.35. The predicted molar refractivity (Wildman–Crippen MR) is 112 cm³/mol. The summed E-state index contributed by atoms with van der Waals surface area (Å²) in [7, 11) is 0. The van der Waals surface area contributed by atoms with E-state index in [0.29, 0.717) is 9.90 Å². The number of pyridine rings is 1. The Kier molecular flexibility index (Phi) is 7.93. The Morgan fingerprint density at radius 3 is 2.74 bits per heavy atom. The van der Waals surface area contributed by atoms with Crippen molar-refractivity contribution in [3.63, 3.8) is 0 Å². The van der Waals surface area contributed by atoms with Gasteiger partial charge >= 0.3 is 12.1 Å². The van der Waals surface area contributed by atoms with Crippen molar-refractivity contribution >= 4 is 40.7 Å². The molecule has 31 heavy (non-hydrogen) atoms. The average molecular weight is 489 g/mol. The highest BCUT2D eigenvalue weighted by Gasteiger charge is 2.34. The predicted octanol–water partition coefficient (Wildman–Crippen LogP) is 5.40. The number of carbonyl (C=O) groups is 1. The van der Waals surface area contributed by atoms with Gasteiger partial charge in [0.05, 0.1) is 22.6 Å². The number of hydrogen-bond donors (Lipinski definition) is 1. The summed E-state index contributed by atoms with van der Waals surface area (Å²) in [4.78, 5) is 20.8. The minimum Gasteiger partial charge on any atom is -0.460 e. The largest absolute Gasteiger partial charge is 0.460 e. The van der Waals surface area contributed by atoms with Crippen molar-refractivity contribution in [3.8, 4) is 0 Å². The van der Waals surface area contributed by atoms with Gasteiger partial charge < -0.3 is 9.84 Å². The summed E-state index contributed by atoms with van der Waals surface area (Å²) in [6.07, 6.45) is -1.23. The van der Waals surface area contributed by atoms with Crippen LogP contribution in [0.25, 0.3) is 0 Å². The molecule has 0 fully saturated rings. The number of benzene rings is 1. The SMILES string of the molecule is O=C(OCc1ccc(Cl)c(C(F)(F)F)c1)C(CSc1nccs1)C(O)c1cccnc1. The van der Waals surface area contributed by atoms with E-state index in [-0.39, 0.29) is 11.3 Å². The molecule has 0 amide bonds. The smallest absolute Gasteiger partial charge is 0.417 e. The van der Waals surface area contributed by atoms with Crippen LogP contribution in [0.15, 0.2) is 58.6 Å². The van der Waals surface area contributed by atoms with Crippen molar-refractivity contribution in [2.24, 2.45) is 5.92 Å². The van der Waals surface area contributed by atoms with E-state index in [1.54, 1.807) is 23.7 Å². The van der Waals surface area contributed by atoms with Crippen LogP contribution in [0.2, 0.25) is 5.02 Å². The number of rotatable bonds is 8. The number of nitrogens with zero attached hydrogens (tertiary/aromatic N) is 2. The molecular formula is C20H16ClF3N2O3S2. The topological polar surface area (TPSA) is 72.3 Å². The fourth-order valence-electron chi connectivity index (χ4n) is 2.65. The van der Waals surface area contributed by atoms with Gasteiger partial charge in [-0.1, -0.05) is 35.5 Å². The third-order valence-corrected chi connectivity index (χ3v) is 6.64. The van der Waals surface area contributed by atoms with Crippen LogP contribution in [0, 0.1) is 5.92 Å². The molecule has 2 aromatic heterocycles. The first-order valence-corrected chi connectivity index (χ1v) is 11.1. The second-order valence-electron chi connectivity index (χ2n) is 6.37. The minimum absolute atomic E-state index is 0.132. The van der Waals surface area contributed by atoms with E-state index in [1.165, 1.54) is 41.6 Å². The Bertz CT molecular complexity index is 1000. The van der Waals surface area contributed by atoms with Crippen LogP contribution in [0.4, 0.5) is 13.2 Å². The van der Waals surface area contributed by atoms with E-state index in [9.17, 15) is 23.1 Å². The molecule has 0 aliphatic heterocycles. The van der Waals surface area contributed by atoms with Crippen molar-refractivity contribution < 1.29 is 27.8 Å². The fourth-order valence-corrected chi connectivity index (χ4v) is 4.66. The summed E-state index contributed by atoms with van der Waals surface area (Å²) in [5.74, 6) is -1.56. The van der Waals surface area contributed by atoms with E-state index in [1.807, 2.05) is 0 Å². The number of halogens is 4. The molecule has 2 unspecified atom stereocenters. The zero-order valence-electron chi connectivity index (χ0n) is 15.8. The van der Waals surface area contributed by atoms with E-state index in [4.69, 9.17) is 16.3 Å². The molecule has 1 N–H and O–H groups in total. The van der Waals surface area contributed by atoms with Crippen molar-refractivity contribution in [3.05, 3.63) is 76.0 Å². The fraction of sp³-hybridized carbons (Fsp3) is 0.250. The van der Waals surface area contributed by atoms with Gasteiger partial charge in [-0.25, -0.2) is 4.98 Å². The highest BCUT2D eigenvalue weighted by atomic mass is 35.5. The van der Waals surface area contributed by atoms with Crippen LogP contribution in [-0.2, 0) is 22.3 Å². The number of esters is 1. The van der Waals surface area contributed by atoms with Gasteiger partial charge in [-0.2, -0.15) is 13.2 Å². The maximum atomic E-state index is 13.0. The van der Waals surface area contributed by atoms with Gasteiger partial charge in [0.2, 0.25) is 0 Å². The third kappa shape index (κ3) is 6.42. The molecule has 3 aromatic rings. The molecule has 5 nitrogen and oxygen atoms in total. The van der Waals surface area contributed by atoms with Crippen LogP contribution >= 0.6 is 34.7 Å². The number of aliphatic hydroxyl groups excluding tert-OH is 1. The van der Waals surface area contributed by atoms with Gasteiger partial charge in [0.25, 0.3) is 0 Å². The third-order valence-electron chi connectivity index (χ3n) is 4.22. The quantitative estimate of drug-likeness (QED) is 0.338. The number of carbonyl (C=O) groups excluding carboxylic acids is 1. The molecule has 3 rings (SSSR count). The van der Waals surface area contributed by atoms with Crippen LogP contribution < -0.4 is 0 Å². The highest BCUT2D eigenvalue weighted by molar-refractivity contribution is 8.01. The summed E-state index contributed by atoms with van der Waals surface area (Å²) >= 11 is 8.28. The molecule has 0 aliphatic carbocycles. The Morgan fingerprint density at radius 1 is 1.29 bits per heavy atom. The molecule has 2 heterocycles. The normalized spacial score (nSPS) is 13.6. The first kappa shape index (κ1) is 23.5. The van der Waals surface area contributed by atoms with E-state index in [2.05, 4.69) is 9.97 Å². The number of hydrogen-bond acceptors (Lipinski definition) is 7. The molecule has 0 saturated carbocycles. The van der Waals surface area contributed by atoms with Crippen LogP contribution in [0.5, 0.6) is 0 Å². The summed E-state index contributed by atoms with van der Waals surface area (Å²) < 4.78 is 45.1. The van der Waals surface area contributed by atoms with Crippen LogP contribution in [0.1, 0.15) is 22.8 Å². The number of thiazole rings is 1. The molecule has 0 spiro atoms. The lowest BCUT2D eigenvalue weighted by atomic mass is 9.99. The Morgan fingerprint density at radius 2 is 2.10 bits per heavy atom. The van der Waals surface area contributed by atoms with E-state index < -0.39 is 41.4 Å². The number of aromatic nitrogens is 2. The van der Waals surface area contributed by atoms with Crippen LogP contribution in [-0.4, -0.2) is 26.8 Å². The molecule has 11 heteroatoms. The Balaban J connectivity index is 1.73. The second-order valence-corrected chi connectivity index (χ2v) is 8.94. The lowest BCUT2D eigenvalue weighted by Crippen LogP contribution is -2.27. The summed E-state index contributed by atoms with van der Waals surface area (Å²) in [6, 6.07) is 6.55. The summed E-state index contributed by atoms with van der Waals surface area (Å²) in [5, 5.41) is 12.1. The number of thioether (sulfide) groups is 1. The molecule has 0 saturated heterocycles. The molecule has 0 aliphatic rings. The first-order chi connectivity index (χ1) is 14.8. The average Bonchev–Trinajstić information content (AvgIpc) is 3.26. The van der Waals surface area contributed by atoms with E-state index in [0.717, 1.165) is 12.1 Å². The van der Waals surface area contributed by atoms with Crippen LogP contribution in [0.3, 0.4) is 0 Å². The van der Waals surface area contributed by atoms with Crippen molar-refractivity contribution in [1.29, 1.82) is 0 Å². The zero-order valence-corrected chi connectivity index (χ0v) is 18.1. The zero-order chi connectivity index (χ0) is 22.4. The molecule has 2 atom stereocenters. The number of alkyl halides is 3. The van der Waals surface area contributed by atoms with Crippen molar-refractivity contribution in [2.45, 2.75) is 23.2 Å². The van der Waals surface area contributed by atoms with Gasteiger partial charge in [-0.15, -0.1) is 11.3 Å². The van der Waals surface area contributed by atoms with Gasteiger partial charge in [0.1, 0.15) is 10.9 Å². The van der Waals surface area contributed by atoms with Crippen molar-refractivity contribution in [2.75, 3.05) is 5.75 Å². The summed E-state index contributed by atoms with van der Waals surface area (Å²) in [5.41, 5.74) is -0.448. The minimum atomic E-state index is -4.62. The lowest BCUT2D eigenvalue weighted by molar-refractivity contribution is -0.153. The van der Waals surface area contributed by atoms with Crippen molar-refractivity contribution in [1.82, 2.24) is 9.97 Å². The first-order valence-electron chi connectivity index (χ1n) is 8.88. The maximum absolute atomic E-state index is 13.0. The van der Waals surface area contributed by atoms with Gasteiger partial charge in [0.15, 0.2) is 0 Å². The van der Waals surface area contributed by atoms with Gasteiger partial charge in [-0.3, -0.25) is 9.78 Å². The molecule has 164 valence electrons. The number of ether oxygens (including phenoxy) is 1. The lowest BCUT2D eigenvalue weighted by Gasteiger charge is -2.21.